The zero-order valence-corrected chi connectivity index (χ0v) is 12.1. The Morgan fingerprint density at radius 3 is 2.39 bits per heavy atom. The highest BCUT2D eigenvalue weighted by molar-refractivity contribution is 6.21. The fourth-order valence-electron chi connectivity index (χ4n) is 3.34. The van der Waals surface area contributed by atoms with E-state index < -0.39 is 0 Å². The number of carbonyl (C=O) groups excluding carboxylic acids is 1. The van der Waals surface area contributed by atoms with E-state index in [1.54, 1.807) is 0 Å². The van der Waals surface area contributed by atoms with Crippen LogP contribution in [0.2, 0.25) is 0 Å². The van der Waals surface area contributed by atoms with Gasteiger partial charge in [0.05, 0.1) is 5.38 Å². The summed E-state index contributed by atoms with van der Waals surface area (Å²) in [5.41, 5.74) is 0. The molecule has 3 heteroatoms. The lowest BCUT2D eigenvalue weighted by Crippen LogP contribution is -2.42. The molecule has 0 radical (unpaired) electrons. The number of halogens is 1. The van der Waals surface area contributed by atoms with Crippen LogP contribution in [-0.4, -0.2) is 17.3 Å². The van der Waals surface area contributed by atoms with Crippen LogP contribution in [-0.2, 0) is 4.79 Å². The van der Waals surface area contributed by atoms with Gasteiger partial charge in [-0.2, -0.15) is 0 Å². The lowest BCUT2D eigenvalue weighted by atomic mass is 9.86. The molecule has 104 valence electrons. The molecule has 0 bridgehead atoms. The van der Waals surface area contributed by atoms with Gasteiger partial charge >= 0.3 is 0 Å². The smallest absolute Gasteiger partial charge is 0.220 e. The average Bonchev–Trinajstić information content (AvgIpc) is 2.40. The average molecular weight is 272 g/mol. The third-order valence-electron chi connectivity index (χ3n) is 4.53. The molecule has 2 aliphatic carbocycles. The zero-order chi connectivity index (χ0) is 12.8. The summed E-state index contributed by atoms with van der Waals surface area (Å²) in [5, 5.41) is 3.29. The molecule has 2 atom stereocenters. The van der Waals surface area contributed by atoms with Crippen molar-refractivity contribution in [1.82, 2.24) is 5.32 Å². The highest BCUT2D eigenvalue weighted by Gasteiger charge is 2.24. The monoisotopic (exact) mass is 271 g/mol. The van der Waals surface area contributed by atoms with Gasteiger partial charge in [-0.3, -0.25) is 4.79 Å². The van der Waals surface area contributed by atoms with Crippen molar-refractivity contribution < 1.29 is 4.79 Å². The SMILES string of the molecule is O=C(CCC1CCCCC1)NC1CCCCC1Cl. The molecule has 2 aliphatic rings. The van der Waals surface area contributed by atoms with Crippen molar-refractivity contribution in [3.8, 4) is 0 Å². The van der Waals surface area contributed by atoms with Gasteiger partial charge in [-0.05, 0) is 25.2 Å². The molecular weight excluding hydrogens is 246 g/mol. The van der Waals surface area contributed by atoms with Crippen LogP contribution in [0.5, 0.6) is 0 Å². The van der Waals surface area contributed by atoms with Gasteiger partial charge in [0, 0.05) is 12.5 Å². The Labute approximate surface area is 116 Å². The molecule has 0 aliphatic heterocycles. The molecule has 0 aromatic carbocycles. The van der Waals surface area contributed by atoms with Crippen LogP contribution in [0.3, 0.4) is 0 Å². The van der Waals surface area contributed by atoms with Gasteiger partial charge in [-0.25, -0.2) is 0 Å². The number of hydrogen-bond donors (Lipinski definition) is 1. The molecule has 2 rings (SSSR count). The zero-order valence-electron chi connectivity index (χ0n) is 11.3. The Morgan fingerprint density at radius 2 is 1.67 bits per heavy atom. The van der Waals surface area contributed by atoms with E-state index in [-0.39, 0.29) is 17.3 Å². The van der Waals surface area contributed by atoms with E-state index in [2.05, 4.69) is 5.32 Å². The molecular formula is C15H26ClNO. The van der Waals surface area contributed by atoms with Gasteiger partial charge in [0.15, 0.2) is 0 Å². The van der Waals surface area contributed by atoms with Crippen LogP contribution in [0.1, 0.15) is 70.6 Å². The number of alkyl halides is 1. The van der Waals surface area contributed by atoms with E-state index >= 15 is 0 Å². The topological polar surface area (TPSA) is 29.1 Å². The fourth-order valence-corrected chi connectivity index (χ4v) is 3.68. The first-order valence-electron chi connectivity index (χ1n) is 7.69. The van der Waals surface area contributed by atoms with E-state index in [1.807, 2.05) is 0 Å². The predicted molar refractivity (Wildman–Crippen MR) is 75.8 cm³/mol. The molecule has 1 N–H and O–H groups in total. The van der Waals surface area contributed by atoms with Crippen LogP contribution in [0.15, 0.2) is 0 Å². The van der Waals surface area contributed by atoms with Gasteiger partial charge in [-0.15, -0.1) is 11.6 Å². The summed E-state index contributed by atoms with van der Waals surface area (Å²) in [6.07, 6.45) is 13.1. The van der Waals surface area contributed by atoms with E-state index in [1.165, 1.54) is 44.9 Å². The Bertz CT molecular complexity index is 263. The first-order chi connectivity index (χ1) is 8.75. The molecule has 2 unspecified atom stereocenters. The Kier molecular flexibility index (Phi) is 5.81. The number of nitrogens with one attached hydrogen (secondary N) is 1. The number of carbonyl (C=O) groups is 1. The first kappa shape index (κ1) is 14.2. The number of hydrogen-bond acceptors (Lipinski definition) is 1. The van der Waals surface area contributed by atoms with Gasteiger partial charge in [0.2, 0.25) is 5.91 Å². The summed E-state index contributed by atoms with van der Waals surface area (Å²) >= 11 is 6.26. The van der Waals surface area contributed by atoms with E-state index in [0.717, 1.165) is 25.2 Å². The van der Waals surface area contributed by atoms with E-state index in [0.29, 0.717) is 6.42 Å². The fraction of sp³-hybridized carbons (Fsp3) is 0.933. The summed E-state index contributed by atoms with van der Waals surface area (Å²) in [6.45, 7) is 0. The van der Waals surface area contributed by atoms with Gasteiger partial charge in [-0.1, -0.05) is 44.9 Å². The molecule has 0 aromatic heterocycles. The molecule has 2 saturated carbocycles. The summed E-state index contributed by atoms with van der Waals surface area (Å²) in [7, 11) is 0. The molecule has 18 heavy (non-hydrogen) atoms. The van der Waals surface area contributed by atoms with Crippen LogP contribution < -0.4 is 5.32 Å². The molecule has 0 saturated heterocycles. The lowest BCUT2D eigenvalue weighted by molar-refractivity contribution is -0.122. The van der Waals surface area contributed by atoms with Crippen LogP contribution >= 0.6 is 11.6 Å². The quantitative estimate of drug-likeness (QED) is 0.769. The second-order valence-corrected chi connectivity index (χ2v) is 6.58. The molecule has 0 spiro atoms. The predicted octanol–water partition coefficient (Wildman–Crippen LogP) is 4.01. The summed E-state index contributed by atoms with van der Waals surface area (Å²) in [6, 6.07) is 0.222. The highest BCUT2D eigenvalue weighted by Crippen LogP contribution is 2.27. The Morgan fingerprint density at radius 1 is 1.00 bits per heavy atom. The second-order valence-electron chi connectivity index (χ2n) is 6.02. The van der Waals surface area contributed by atoms with Gasteiger partial charge in [0.1, 0.15) is 0 Å². The summed E-state index contributed by atoms with van der Waals surface area (Å²) < 4.78 is 0. The van der Waals surface area contributed by atoms with E-state index in [4.69, 9.17) is 11.6 Å². The molecule has 0 aromatic rings. The maximum Gasteiger partial charge on any atom is 0.220 e. The first-order valence-corrected chi connectivity index (χ1v) is 8.13. The Balaban J connectivity index is 1.64. The summed E-state index contributed by atoms with van der Waals surface area (Å²) in [5.74, 6) is 1.01. The van der Waals surface area contributed by atoms with Gasteiger partial charge < -0.3 is 5.32 Å². The van der Waals surface area contributed by atoms with Crippen molar-refractivity contribution in [2.45, 2.75) is 82.0 Å². The van der Waals surface area contributed by atoms with Crippen LogP contribution in [0.25, 0.3) is 0 Å². The van der Waals surface area contributed by atoms with Crippen molar-refractivity contribution >= 4 is 17.5 Å². The molecule has 2 fully saturated rings. The van der Waals surface area contributed by atoms with Crippen molar-refractivity contribution in [1.29, 1.82) is 0 Å². The van der Waals surface area contributed by atoms with Crippen molar-refractivity contribution in [3.05, 3.63) is 0 Å². The molecule has 0 heterocycles. The second kappa shape index (κ2) is 7.37. The van der Waals surface area contributed by atoms with Crippen molar-refractivity contribution in [2.24, 2.45) is 5.92 Å². The largest absolute Gasteiger partial charge is 0.352 e. The molecule has 2 nitrogen and oxygen atoms in total. The minimum Gasteiger partial charge on any atom is -0.352 e. The van der Waals surface area contributed by atoms with Crippen molar-refractivity contribution in [3.63, 3.8) is 0 Å². The standard InChI is InChI=1S/C15H26ClNO/c16-13-8-4-5-9-14(13)17-15(18)11-10-12-6-2-1-3-7-12/h12-14H,1-11H2,(H,17,18). The van der Waals surface area contributed by atoms with Crippen LogP contribution in [0, 0.1) is 5.92 Å². The Hall–Kier alpha value is -0.240. The maximum atomic E-state index is 11.9. The van der Waals surface area contributed by atoms with Gasteiger partial charge in [0.25, 0.3) is 0 Å². The van der Waals surface area contributed by atoms with Crippen molar-refractivity contribution in [2.75, 3.05) is 0 Å². The highest BCUT2D eigenvalue weighted by atomic mass is 35.5. The summed E-state index contributed by atoms with van der Waals surface area (Å²) in [4.78, 5) is 11.9. The number of rotatable bonds is 4. The third kappa shape index (κ3) is 4.46. The number of amides is 1. The maximum absolute atomic E-state index is 11.9. The molecule has 1 amide bonds. The van der Waals surface area contributed by atoms with E-state index in [9.17, 15) is 4.79 Å². The third-order valence-corrected chi connectivity index (χ3v) is 5.05. The normalized spacial score (nSPS) is 30.1. The van der Waals surface area contributed by atoms with Crippen LogP contribution in [0.4, 0.5) is 0 Å². The minimum atomic E-state index is 0.150. The lowest BCUT2D eigenvalue weighted by Gasteiger charge is -2.28. The minimum absolute atomic E-state index is 0.150.